The van der Waals surface area contributed by atoms with Crippen molar-refractivity contribution in [3.05, 3.63) is 144 Å². The topological polar surface area (TPSA) is 334 Å². The lowest BCUT2D eigenvalue weighted by molar-refractivity contribution is -0.141. The number of carboxylic acids is 1. The average molecular weight is 1030 g/mol. The minimum atomic E-state index is -1.35. The van der Waals surface area contributed by atoms with Crippen molar-refractivity contribution in [1.82, 2.24) is 41.9 Å². The van der Waals surface area contributed by atoms with Crippen LogP contribution in [0.25, 0.3) is 21.8 Å². The summed E-state index contributed by atoms with van der Waals surface area (Å²) in [5.74, 6) is -5.67. The van der Waals surface area contributed by atoms with E-state index in [9.17, 15) is 38.7 Å². The number of aliphatic imine (C=N–C) groups is 1. The van der Waals surface area contributed by atoms with Crippen molar-refractivity contribution in [3.63, 3.8) is 0 Å². The third-order valence-corrected chi connectivity index (χ3v) is 12.7. The van der Waals surface area contributed by atoms with Gasteiger partial charge >= 0.3 is 5.97 Å². The Kier molecular flexibility index (Phi) is 20.1. The molecule has 0 saturated carbocycles. The molecule has 0 saturated heterocycles. The molecule has 0 spiro atoms. The Balaban J connectivity index is 1.29. The highest BCUT2D eigenvalue weighted by molar-refractivity contribution is 5.98. The normalized spacial score (nSPS) is 14.0. The number of fused-ring (bicyclic) bond motifs is 2. The number of hydrogen-bond donors (Lipinski definition) is 12. The molecule has 7 atom stereocenters. The van der Waals surface area contributed by atoms with Gasteiger partial charge in [-0.2, -0.15) is 0 Å². The second kappa shape index (κ2) is 27.0. The van der Waals surface area contributed by atoms with Crippen LogP contribution in [0.3, 0.4) is 0 Å². The van der Waals surface area contributed by atoms with Gasteiger partial charge < -0.3 is 64.2 Å². The van der Waals surface area contributed by atoms with E-state index in [1.807, 2.05) is 62.4 Å². The number of carbonyl (C=O) groups is 7. The van der Waals surface area contributed by atoms with Crippen molar-refractivity contribution < 1.29 is 38.7 Å². The molecule has 2 aromatic heterocycles. The number of aromatic amines is 2. The lowest BCUT2D eigenvalue weighted by Gasteiger charge is -2.28. The number of H-pyrrole nitrogens is 2. The molecular formula is C55H68N12O8. The number of benzene rings is 4. The summed E-state index contributed by atoms with van der Waals surface area (Å²) in [4.78, 5) is 108. The number of guanidine groups is 1. The number of carboxylic acid groups (broad SMARTS) is 1. The van der Waals surface area contributed by atoms with Crippen molar-refractivity contribution >= 4 is 69.2 Å². The Hall–Kier alpha value is -8.52. The zero-order valence-corrected chi connectivity index (χ0v) is 42.3. The number of nitrogens with one attached hydrogen (secondary N) is 8. The molecule has 0 aliphatic rings. The fourth-order valence-corrected chi connectivity index (χ4v) is 8.71. The van der Waals surface area contributed by atoms with Crippen LogP contribution < -0.4 is 49.1 Å². The van der Waals surface area contributed by atoms with Crippen molar-refractivity contribution in [3.8, 4) is 0 Å². The second-order valence-electron chi connectivity index (χ2n) is 19.1. The zero-order valence-electron chi connectivity index (χ0n) is 42.3. The lowest BCUT2D eigenvalue weighted by atomic mass is 10.00. The summed E-state index contributed by atoms with van der Waals surface area (Å²) in [6.45, 7) is 5.25. The summed E-state index contributed by atoms with van der Waals surface area (Å²) >= 11 is 0. The first-order valence-electron chi connectivity index (χ1n) is 25.0. The molecule has 0 unspecified atom stereocenters. The predicted octanol–water partition coefficient (Wildman–Crippen LogP) is 2.36. The van der Waals surface area contributed by atoms with E-state index in [1.54, 1.807) is 73.1 Å². The van der Waals surface area contributed by atoms with Crippen LogP contribution >= 0.6 is 0 Å². The van der Waals surface area contributed by atoms with Gasteiger partial charge in [0.05, 0.1) is 6.04 Å². The molecule has 0 bridgehead atoms. The van der Waals surface area contributed by atoms with E-state index in [2.05, 4.69) is 46.9 Å². The summed E-state index contributed by atoms with van der Waals surface area (Å²) in [5, 5.41) is 27.8. The standard InChI is InChI=1S/C55H68N12O8/c1-32(2)25-40(56)48(68)64-47(29-37-31-61-42-22-13-11-20-39(37)42)53(73)63-43(23-14-24-59-55(57)58)49(69)65-44(26-34-15-6-4-7-16-34)51(71)66-45(27-35-17-8-5-9-18-35)52(72)67-46(50(70)62-33(3)54(74)75)28-36-30-60-41-21-12-10-19-38(36)41/h4-13,15-22,30-33,40,43-47,60-61H,14,23-29,56H2,1-3H3,(H,62,70)(H,63,73)(H,64,68)(H,65,69)(H,66,71)(H,67,72)(H,74,75)(H4,57,58,59)/t33-,40-,43-,44-,45-,46-,47-/m0/s1. The van der Waals surface area contributed by atoms with Gasteiger partial charge in [-0.3, -0.25) is 38.6 Å². The molecular weight excluding hydrogens is 957 g/mol. The molecule has 2 heterocycles. The van der Waals surface area contributed by atoms with Gasteiger partial charge in [-0.25, -0.2) is 0 Å². The molecule has 0 radical (unpaired) electrons. The van der Waals surface area contributed by atoms with Gasteiger partial charge in [0.2, 0.25) is 35.4 Å². The first-order valence-corrected chi connectivity index (χ1v) is 25.0. The molecule has 396 valence electrons. The van der Waals surface area contributed by atoms with Crippen LogP contribution in [-0.2, 0) is 59.2 Å². The molecule has 20 heteroatoms. The molecule has 6 rings (SSSR count). The third-order valence-electron chi connectivity index (χ3n) is 12.7. The summed E-state index contributed by atoms with van der Waals surface area (Å²) in [7, 11) is 0. The van der Waals surface area contributed by atoms with Crippen LogP contribution in [0.1, 0.15) is 62.3 Å². The van der Waals surface area contributed by atoms with Crippen molar-refractivity contribution in [2.75, 3.05) is 6.54 Å². The Bertz CT molecular complexity index is 2940. The summed E-state index contributed by atoms with van der Waals surface area (Å²) in [6.07, 6.45) is 3.90. The molecule has 75 heavy (non-hydrogen) atoms. The maximum Gasteiger partial charge on any atom is 0.325 e. The first kappa shape index (κ1) is 55.8. The van der Waals surface area contributed by atoms with Crippen LogP contribution in [0.4, 0.5) is 0 Å². The Morgan fingerprint density at radius 3 is 1.35 bits per heavy atom. The number of aliphatic carboxylic acids is 1. The van der Waals surface area contributed by atoms with Gasteiger partial charge in [0.15, 0.2) is 5.96 Å². The molecule has 4 aromatic carbocycles. The molecule has 6 aromatic rings. The maximum absolute atomic E-state index is 14.8. The van der Waals surface area contributed by atoms with Crippen LogP contribution in [0.15, 0.2) is 127 Å². The molecule has 0 fully saturated rings. The molecule has 0 aliphatic carbocycles. The SMILES string of the molecule is CC(C)C[C@H](N)C(=O)N[C@@H](Cc1c[nH]c2ccccc12)C(=O)N[C@@H](CCCN=C(N)N)C(=O)N[C@@H](Cc1ccccc1)C(=O)N[C@@H](Cc1ccccc1)C(=O)N[C@@H](Cc1c[nH]c2ccccc12)C(=O)N[C@@H](C)C(=O)O. The summed E-state index contributed by atoms with van der Waals surface area (Å²) < 4.78 is 0. The molecule has 6 amide bonds. The van der Waals surface area contributed by atoms with Gasteiger partial charge in [-0.15, -0.1) is 0 Å². The van der Waals surface area contributed by atoms with E-state index in [0.29, 0.717) is 23.1 Å². The second-order valence-corrected chi connectivity index (χ2v) is 19.1. The number of aromatic nitrogens is 2. The highest BCUT2D eigenvalue weighted by Crippen LogP contribution is 2.21. The van der Waals surface area contributed by atoms with E-state index in [0.717, 1.165) is 27.4 Å². The smallest absolute Gasteiger partial charge is 0.325 e. The number of rotatable bonds is 27. The van der Waals surface area contributed by atoms with Crippen LogP contribution in [0, 0.1) is 5.92 Å². The molecule has 15 N–H and O–H groups in total. The zero-order chi connectivity index (χ0) is 54.0. The quantitative estimate of drug-likeness (QED) is 0.0202. The molecule has 20 nitrogen and oxygen atoms in total. The first-order chi connectivity index (χ1) is 35.9. The van der Waals surface area contributed by atoms with Crippen LogP contribution in [0.5, 0.6) is 0 Å². The number of para-hydroxylation sites is 2. The van der Waals surface area contributed by atoms with Crippen molar-refractivity contribution in [2.45, 2.75) is 108 Å². The van der Waals surface area contributed by atoms with Crippen LogP contribution in [0.2, 0.25) is 0 Å². The Morgan fingerprint density at radius 2 is 0.907 bits per heavy atom. The largest absolute Gasteiger partial charge is 0.480 e. The number of nitrogens with zero attached hydrogens (tertiary/aromatic N) is 1. The average Bonchev–Trinajstić information content (AvgIpc) is 4.00. The van der Waals surface area contributed by atoms with E-state index in [-0.39, 0.29) is 56.9 Å². The van der Waals surface area contributed by atoms with Crippen LogP contribution in [-0.4, -0.2) is 111 Å². The fourth-order valence-electron chi connectivity index (χ4n) is 8.71. The monoisotopic (exact) mass is 1020 g/mol. The number of hydrogen-bond acceptors (Lipinski definition) is 9. The number of carbonyl (C=O) groups excluding carboxylic acids is 6. The Morgan fingerprint density at radius 1 is 0.520 bits per heavy atom. The van der Waals surface area contributed by atoms with Crippen molar-refractivity contribution in [1.29, 1.82) is 0 Å². The predicted molar refractivity (Wildman–Crippen MR) is 287 cm³/mol. The maximum atomic E-state index is 14.8. The lowest BCUT2D eigenvalue weighted by Crippen LogP contribution is -2.60. The van der Waals surface area contributed by atoms with Gasteiger partial charge in [-0.1, -0.05) is 111 Å². The van der Waals surface area contributed by atoms with Gasteiger partial charge in [0.1, 0.15) is 36.3 Å². The Labute approximate surface area is 434 Å². The highest BCUT2D eigenvalue weighted by atomic mass is 16.4. The van der Waals surface area contributed by atoms with E-state index in [1.165, 1.54) is 6.92 Å². The summed E-state index contributed by atoms with van der Waals surface area (Å²) in [6, 6.07) is 23.9. The molecule has 0 aliphatic heterocycles. The minimum absolute atomic E-state index is 0.00589. The van der Waals surface area contributed by atoms with Gasteiger partial charge in [-0.05, 0) is 66.5 Å². The van der Waals surface area contributed by atoms with E-state index >= 15 is 0 Å². The third kappa shape index (κ3) is 16.5. The van der Waals surface area contributed by atoms with Gasteiger partial charge in [0, 0.05) is 66.4 Å². The number of amides is 6. The van der Waals surface area contributed by atoms with E-state index < -0.39 is 83.7 Å². The van der Waals surface area contributed by atoms with Crippen molar-refractivity contribution in [2.24, 2.45) is 28.1 Å². The highest BCUT2D eigenvalue weighted by Gasteiger charge is 2.34. The van der Waals surface area contributed by atoms with Gasteiger partial charge in [0.25, 0.3) is 0 Å². The summed E-state index contributed by atoms with van der Waals surface area (Å²) in [5.41, 5.74) is 21.8. The number of nitrogens with two attached hydrogens (primary N) is 3. The van der Waals surface area contributed by atoms with E-state index in [4.69, 9.17) is 17.2 Å². The fraction of sp³-hybridized carbons (Fsp3) is 0.345. The minimum Gasteiger partial charge on any atom is -0.480 e.